The van der Waals surface area contributed by atoms with Crippen molar-refractivity contribution >= 4 is 0 Å². The average Bonchev–Trinajstić information content (AvgIpc) is 3.09. The van der Waals surface area contributed by atoms with E-state index in [0.29, 0.717) is 18.4 Å². The van der Waals surface area contributed by atoms with Crippen LogP contribution in [0.25, 0.3) is 0 Å². The third kappa shape index (κ3) is 3.17. The normalized spacial score (nSPS) is 22.4. The maximum Gasteiger partial charge on any atom is 0.231 e. The summed E-state index contributed by atoms with van der Waals surface area (Å²) in [5.74, 6) is 2.79. The number of rotatable bonds is 4. The van der Waals surface area contributed by atoms with Crippen LogP contribution in [0.3, 0.4) is 0 Å². The van der Waals surface area contributed by atoms with Gasteiger partial charge in [0.25, 0.3) is 0 Å². The molecule has 0 amide bonds. The summed E-state index contributed by atoms with van der Waals surface area (Å²) >= 11 is 0. The number of piperidine rings is 1. The van der Waals surface area contributed by atoms with Crippen LogP contribution in [0.2, 0.25) is 0 Å². The van der Waals surface area contributed by atoms with Crippen LogP contribution in [-0.4, -0.2) is 26.5 Å². The van der Waals surface area contributed by atoms with Gasteiger partial charge in [-0.05, 0) is 48.7 Å². The summed E-state index contributed by atoms with van der Waals surface area (Å²) in [6.07, 6.45) is 1.03. The topological polar surface area (TPSA) is 39.7 Å². The van der Waals surface area contributed by atoms with Gasteiger partial charge in [0.05, 0.1) is 6.61 Å². The van der Waals surface area contributed by atoms with E-state index in [-0.39, 0.29) is 12.6 Å². The summed E-state index contributed by atoms with van der Waals surface area (Å²) in [4.78, 5) is 0. The van der Waals surface area contributed by atoms with E-state index in [4.69, 9.17) is 14.2 Å². The highest BCUT2D eigenvalue weighted by molar-refractivity contribution is 5.46. The van der Waals surface area contributed by atoms with Gasteiger partial charge < -0.3 is 19.5 Å². The Bertz CT molecular complexity index is 704. The molecule has 2 aliphatic heterocycles. The largest absolute Gasteiger partial charge is 0.493 e. The lowest BCUT2D eigenvalue weighted by Gasteiger charge is -2.32. The van der Waals surface area contributed by atoms with Gasteiger partial charge in [-0.25, -0.2) is 4.39 Å². The van der Waals surface area contributed by atoms with Crippen molar-refractivity contribution in [3.8, 4) is 17.2 Å². The number of nitrogens with one attached hydrogen (secondary N) is 1. The van der Waals surface area contributed by atoms with Gasteiger partial charge in [0, 0.05) is 18.5 Å². The van der Waals surface area contributed by atoms with Crippen molar-refractivity contribution in [2.75, 3.05) is 26.5 Å². The van der Waals surface area contributed by atoms with Gasteiger partial charge in [0.2, 0.25) is 6.79 Å². The van der Waals surface area contributed by atoms with Gasteiger partial charge in [-0.1, -0.05) is 12.1 Å². The first-order chi connectivity index (χ1) is 11.8. The first kappa shape index (κ1) is 15.3. The number of hydrogen-bond donors (Lipinski definition) is 1. The lowest BCUT2D eigenvalue weighted by atomic mass is 9.81. The molecule has 24 heavy (non-hydrogen) atoms. The van der Waals surface area contributed by atoms with Crippen LogP contribution < -0.4 is 19.5 Å². The second kappa shape index (κ2) is 6.69. The van der Waals surface area contributed by atoms with E-state index in [1.54, 1.807) is 0 Å². The highest BCUT2D eigenvalue weighted by Crippen LogP contribution is 2.36. The molecule has 126 valence electrons. The van der Waals surface area contributed by atoms with Crippen molar-refractivity contribution in [2.45, 2.75) is 12.3 Å². The van der Waals surface area contributed by atoms with E-state index in [1.807, 2.05) is 30.3 Å². The Labute approximate surface area is 140 Å². The van der Waals surface area contributed by atoms with Crippen molar-refractivity contribution in [3.05, 3.63) is 53.8 Å². The quantitative estimate of drug-likeness (QED) is 0.934. The summed E-state index contributed by atoms with van der Waals surface area (Å²) in [7, 11) is 0. The zero-order chi connectivity index (χ0) is 16.4. The maximum atomic E-state index is 13.2. The number of halogens is 1. The Hall–Kier alpha value is -2.27. The summed E-state index contributed by atoms with van der Waals surface area (Å²) < 4.78 is 29.9. The zero-order valence-electron chi connectivity index (χ0n) is 13.3. The lowest BCUT2D eigenvalue weighted by Crippen LogP contribution is -2.38. The van der Waals surface area contributed by atoms with Gasteiger partial charge in [0.15, 0.2) is 11.5 Å². The van der Waals surface area contributed by atoms with E-state index < -0.39 is 0 Å². The van der Waals surface area contributed by atoms with Crippen LogP contribution in [0, 0.1) is 11.7 Å². The van der Waals surface area contributed by atoms with E-state index in [0.717, 1.165) is 36.8 Å². The summed E-state index contributed by atoms with van der Waals surface area (Å²) in [6.45, 7) is 2.74. The van der Waals surface area contributed by atoms with E-state index in [9.17, 15) is 4.39 Å². The van der Waals surface area contributed by atoms with Crippen LogP contribution in [-0.2, 0) is 0 Å². The van der Waals surface area contributed by atoms with Gasteiger partial charge >= 0.3 is 0 Å². The molecule has 0 spiro atoms. The van der Waals surface area contributed by atoms with Crippen molar-refractivity contribution in [1.82, 2.24) is 5.32 Å². The Morgan fingerprint density at radius 1 is 1.08 bits per heavy atom. The number of ether oxygens (including phenoxy) is 3. The number of benzene rings is 2. The molecule has 4 nitrogen and oxygen atoms in total. The van der Waals surface area contributed by atoms with Gasteiger partial charge in [0.1, 0.15) is 11.6 Å². The van der Waals surface area contributed by atoms with Gasteiger partial charge in [-0.15, -0.1) is 0 Å². The zero-order valence-corrected chi connectivity index (χ0v) is 13.3. The fourth-order valence-electron chi connectivity index (χ4n) is 3.42. The highest BCUT2D eigenvalue weighted by Gasteiger charge is 2.27. The van der Waals surface area contributed by atoms with Crippen LogP contribution in [0.15, 0.2) is 42.5 Å². The highest BCUT2D eigenvalue weighted by atomic mass is 19.1. The van der Waals surface area contributed by atoms with Crippen molar-refractivity contribution < 1.29 is 18.6 Å². The van der Waals surface area contributed by atoms with Crippen LogP contribution in [0.1, 0.15) is 17.9 Å². The predicted octanol–water partition coefficient (Wildman–Crippen LogP) is 3.33. The standard InChI is InChI=1S/C19H20FNO3/c20-15-3-1-13(2-4-15)17-7-8-21-10-14(17)11-22-16-5-6-18-19(9-16)24-12-23-18/h1-6,9,14,17,21H,7-8,10-12H2/t14-,17?/m0/s1. The summed E-state index contributed by atoms with van der Waals surface area (Å²) in [6, 6.07) is 12.5. The number of hydrogen-bond acceptors (Lipinski definition) is 4. The molecule has 1 fully saturated rings. The number of fused-ring (bicyclic) bond motifs is 1. The van der Waals surface area contributed by atoms with Gasteiger partial charge in [-0.2, -0.15) is 0 Å². The van der Waals surface area contributed by atoms with E-state index in [2.05, 4.69) is 5.32 Å². The monoisotopic (exact) mass is 329 g/mol. The molecule has 2 aromatic carbocycles. The molecule has 1 unspecified atom stereocenters. The molecule has 1 saturated heterocycles. The Balaban J connectivity index is 1.44. The predicted molar refractivity (Wildman–Crippen MR) is 88.2 cm³/mol. The van der Waals surface area contributed by atoms with E-state index in [1.165, 1.54) is 17.7 Å². The van der Waals surface area contributed by atoms with Crippen LogP contribution >= 0.6 is 0 Å². The van der Waals surface area contributed by atoms with Crippen LogP contribution in [0.5, 0.6) is 17.2 Å². The molecule has 0 radical (unpaired) electrons. The maximum absolute atomic E-state index is 13.2. The Morgan fingerprint density at radius 2 is 1.92 bits per heavy atom. The Kier molecular flexibility index (Phi) is 4.26. The molecule has 4 rings (SSSR count). The Morgan fingerprint density at radius 3 is 2.79 bits per heavy atom. The van der Waals surface area contributed by atoms with Gasteiger partial charge in [-0.3, -0.25) is 0 Å². The molecular weight excluding hydrogens is 309 g/mol. The third-order valence-corrected chi connectivity index (χ3v) is 4.71. The second-order valence-electron chi connectivity index (χ2n) is 6.24. The van der Waals surface area contributed by atoms with Crippen LogP contribution in [0.4, 0.5) is 4.39 Å². The molecule has 5 heteroatoms. The van der Waals surface area contributed by atoms with Crippen molar-refractivity contribution in [2.24, 2.45) is 5.92 Å². The minimum atomic E-state index is -0.194. The molecule has 0 aromatic heterocycles. The third-order valence-electron chi connectivity index (χ3n) is 4.71. The van der Waals surface area contributed by atoms with Crippen molar-refractivity contribution in [3.63, 3.8) is 0 Å². The van der Waals surface area contributed by atoms with E-state index >= 15 is 0 Å². The molecule has 1 N–H and O–H groups in total. The first-order valence-corrected chi connectivity index (χ1v) is 8.28. The SMILES string of the molecule is Fc1ccc(C2CCNC[C@H]2COc2ccc3c(c2)OCO3)cc1. The first-order valence-electron chi connectivity index (χ1n) is 8.28. The van der Waals surface area contributed by atoms with Crippen molar-refractivity contribution in [1.29, 1.82) is 0 Å². The molecule has 0 bridgehead atoms. The average molecular weight is 329 g/mol. The minimum Gasteiger partial charge on any atom is -0.493 e. The smallest absolute Gasteiger partial charge is 0.231 e. The fraction of sp³-hybridized carbons (Fsp3) is 0.368. The molecule has 2 aliphatic rings. The molecule has 2 atom stereocenters. The molecule has 0 saturated carbocycles. The lowest BCUT2D eigenvalue weighted by molar-refractivity contribution is 0.173. The minimum absolute atomic E-state index is 0.194. The molecule has 2 heterocycles. The summed E-state index contributed by atoms with van der Waals surface area (Å²) in [5.41, 5.74) is 1.18. The molecule has 2 aromatic rings. The molecule has 0 aliphatic carbocycles. The summed E-state index contributed by atoms with van der Waals surface area (Å²) in [5, 5.41) is 3.43. The fourth-order valence-corrected chi connectivity index (χ4v) is 3.42. The second-order valence-corrected chi connectivity index (χ2v) is 6.24. The molecular formula is C19H20FNO3.